The Labute approximate surface area is 83.3 Å². The normalized spacial score (nSPS) is 31.6. The van der Waals surface area contributed by atoms with Crippen LogP contribution in [0.3, 0.4) is 0 Å². The zero-order chi connectivity index (χ0) is 9.68. The molecule has 1 saturated carbocycles. The molecule has 0 heterocycles. The highest BCUT2D eigenvalue weighted by molar-refractivity contribution is 4.72. The van der Waals surface area contributed by atoms with Crippen LogP contribution in [-0.2, 0) is 0 Å². The summed E-state index contributed by atoms with van der Waals surface area (Å²) in [5, 5.41) is 3.32. The van der Waals surface area contributed by atoms with Gasteiger partial charge in [0.2, 0.25) is 0 Å². The average molecular weight is 183 g/mol. The lowest BCUT2D eigenvalue weighted by atomic mass is 9.80. The maximum absolute atomic E-state index is 3.32. The first-order chi connectivity index (χ1) is 6.22. The fourth-order valence-electron chi connectivity index (χ4n) is 2.45. The van der Waals surface area contributed by atoms with Gasteiger partial charge in [-0.2, -0.15) is 0 Å². The lowest BCUT2D eigenvalue weighted by Gasteiger charge is -2.27. The summed E-state index contributed by atoms with van der Waals surface area (Å²) in [5.74, 6) is 2.02. The molecule has 0 aliphatic heterocycles. The Hall–Kier alpha value is -0.0400. The molecule has 0 spiro atoms. The minimum absolute atomic E-state index is 0.706. The van der Waals surface area contributed by atoms with Gasteiger partial charge >= 0.3 is 0 Å². The van der Waals surface area contributed by atoms with Gasteiger partial charge in [-0.3, -0.25) is 0 Å². The van der Waals surface area contributed by atoms with Crippen LogP contribution in [0.2, 0.25) is 0 Å². The van der Waals surface area contributed by atoms with Gasteiger partial charge in [-0.15, -0.1) is 0 Å². The maximum atomic E-state index is 3.32. The molecule has 1 nitrogen and oxygen atoms in total. The van der Waals surface area contributed by atoms with E-state index in [1.165, 1.54) is 38.5 Å². The van der Waals surface area contributed by atoms with Crippen LogP contribution in [0.4, 0.5) is 0 Å². The van der Waals surface area contributed by atoms with Crippen LogP contribution in [-0.4, -0.2) is 13.1 Å². The van der Waals surface area contributed by atoms with Gasteiger partial charge in [-0.25, -0.2) is 0 Å². The van der Waals surface area contributed by atoms with Crippen molar-refractivity contribution >= 4 is 0 Å². The lowest BCUT2D eigenvalue weighted by Crippen LogP contribution is -2.23. The van der Waals surface area contributed by atoms with Crippen molar-refractivity contribution < 1.29 is 0 Å². The van der Waals surface area contributed by atoms with Crippen LogP contribution in [0.5, 0.6) is 0 Å². The Balaban J connectivity index is 2.13. The van der Waals surface area contributed by atoms with Crippen molar-refractivity contribution in [3.05, 3.63) is 0 Å². The zero-order valence-corrected chi connectivity index (χ0v) is 9.47. The summed E-state index contributed by atoms with van der Waals surface area (Å²) in [6.45, 7) is 4.69. The number of nitrogens with one attached hydrogen (secondary N) is 1. The van der Waals surface area contributed by atoms with Crippen LogP contribution in [0, 0.1) is 11.8 Å². The molecule has 78 valence electrons. The minimum atomic E-state index is 0.706. The molecule has 1 fully saturated rings. The number of rotatable bonds is 4. The SMILES string of the molecule is CNC(C)CCC1CCCC(C)C1. The Kier molecular flexibility index (Phi) is 4.79. The van der Waals surface area contributed by atoms with Gasteiger partial charge in [0, 0.05) is 6.04 Å². The molecule has 3 atom stereocenters. The first kappa shape index (κ1) is 11.0. The van der Waals surface area contributed by atoms with Gasteiger partial charge in [-0.05, 0) is 45.1 Å². The predicted molar refractivity (Wildman–Crippen MR) is 58.9 cm³/mol. The van der Waals surface area contributed by atoms with Crippen molar-refractivity contribution in [3.8, 4) is 0 Å². The second kappa shape index (κ2) is 5.64. The smallest absolute Gasteiger partial charge is 0.00358 e. The lowest BCUT2D eigenvalue weighted by molar-refractivity contribution is 0.259. The average Bonchev–Trinajstić information content (AvgIpc) is 2.14. The molecule has 0 saturated heterocycles. The molecule has 1 rings (SSSR count). The van der Waals surface area contributed by atoms with Gasteiger partial charge in [0.05, 0.1) is 0 Å². The first-order valence-electron chi connectivity index (χ1n) is 5.89. The quantitative estimate of drug-likeness (QED) is 0.706. The fourth-order valence-corrected chi connectivity index (χ4v) is 2.45. The second-order valence-electron chi connectivity index (χ2n) is 4.90. The molecular formula is C12H25N. The monoisotopic (exact) mass is 183 g/mol. The Morgan fingerprint density at radius 1 is 1.38 bits per heavy atom. The first-order valence-corrected chi connectivity index (χ1v) is 5.89. The summed E-state index contributed by atoms with van der Waals surface area (Å²) >= 11 is 0. The molecule has 0 aromatic carbocycles. The highest BCUT2D eigenvalue weighted by Crippen LogP contribution is 2.31. The van der Waals surface area contributed by atoms with Crippen molar-refractivity contribution in [2.24, 2.45) is 11.8 Å². The molecule has 1 aliphatic rings. The van der Waals surface area contributed by atoms with Crippen LogP contribution >= 0.6 is 0 Å². The third-order valence-electron chi connectivity index (χ3n) is 3.55. The third-order valence-corrected chi connectivity index (χ3v) is 3.55. The van der Waals surface area contributed by atoms with E-state index in [0.29, 0.717) is 6.04 Å². The standard InChI is InChI=1S/C12H25N/c1-10-5-4-6-12(9-10)8-7-11(2)13-3/h10-13H,4-9H2,1-3H3. The van der Waals surface area contributed by atoms with Gasteiger partial charge in [-0.1, -0.05) is 26.2 Å². The topological polar surface area (TPSA) is 12.0 Å². The summed E-state index contributed by atoms with van der Waals surface area (Å²) in [4.78, 5) is 0. The predicted octanol–water partition coefficient (Wildman–Crippen LogP) is 3.20. The van der Waals surface area contributed by atoms with Crippen molar-refractivity contribution in [2.75, 3.05) is 7.05 Å². The molecule has 3 unspecified atom stereocenters. The van der Waals surface area contributed by atoms with E-state index < -0.39 is 0 Å². The summed E-state index contributed by atoms with van der Waals surface area (Å²) < 4.78 is 0. The summed E-state index contributed by atoms with van der Waals surface area (Å²) in [5.41, 5.74) is 0. The Bertz CT molecular complexity index is 133. The Morgan fingerprint density at radius 2 is 2.15 bits per heavy atom. The van der Waals surface area contributed by atoms with Crippen molar-refractivity contribution in [1.29, 1.82) is 0 Å². The van der Waals surface area contributed by atoms with Crippen molar-refractivity contribution in [3.63, 3.8) is 0 Å². The van der Waals surface area contributed by atoms with E-state index in [1.807, 2.05) is 0 Å². The highest BCUT2D eigenvalue weighted by atomic mass is 14.8. The van der Waals surface area contributed by atoms with Crippen LogP contribution in [0.25, 0.3) is 0 Å². The summed E-state index contributed by atoms with van der Waals surface area (Å²) in [6, 6.07) is 0.706. The van der Waals surface area contributed by atoms with E-state index in [-0.39, 0.29) is 0 Å². The van der Waals surface area contributed by atoms with Crippen LogP contribution in [0.15, 0.2) is 0 Å². The summed E-state index contributed by atoms with van der Waals surface area (Å²) in [7, 11) is 2.06. The van der Waals surface area contributed by atoms with E-state index in [2.05, 4.69) is 26.2 Å². The maximum Gasteiger partial charge on any atom is 0.00358 e. The molecule has 1 heteroatoms. The van der Waals surface area contributed by atoms with Crippen LogP contribution < -0.4 is 5.32 Å². The van der Waals surface area contributed by atoms with E-state index in [1.54, 1.807) is 0 Å². The van der Waals surface area contributed by atoms with E-state index in [9.17, 15) is 0 Å². The van der Waals surface area contributed by atoms with Crippen molar-refractivity contribution in [1.82, 2.24) is 5.32 Å². The molecule has 1 aliphatic carbocycles. The molecule has 0 aromatic heterocycles. The van der Waals surface area contributed by atoms with E-state index >= 15 is 0 Å². The molecule has 0 bridgehead atoms. The van der Waals surface area contributed by atoms with E-state index in [0.717, 1.165) is 11.8 Å². The third kappa shape index (κ3) is 4.12. The number of hydrogen-bond donors (Lipinski definition) is 1. The van der Waals surface area contributed by atoms with E-state index in [4.69, 9.17) is 0 Å². The van der Waals surface area contributed by atoms with Gasteiger partial charge in [0.15, 0.2) is 0 Å². The molecule has 0 radical (unpaired) electrons. The minimum Gasteiger partial charge on any atom is -0.317 e. The molecule has 0 amide bonds. The van der Waals surface area contributed by atoms with Crippen LogP contribution in [0.1, 0.15) is 52.4 Å². The number of hydrogen-bond acceptors (Lipinski definition) is 1. The molecule has 0 aromatic rings. The molecule has 1 N–H and O–H groups in total. The molecule has 13 heavy (non-hydrogen) atoms. The fraction of sp³-hybridized carbons (Fsp3) is 1.00. The van der Waals surface area contributed by atoms with Crippen molar-refractivity contribution in [2.45, 2.75) is 58.4 Å². The second-order valence-corrected chi connectivity index (χ2v) is 4.90. The summed E-state index contributed by atoms with van der Waals surface area (Å²) in [6.07, 6.45) is 8.70. The highest BCUT2D eigenvalue weighted by Gasteiger charge is 2.18. The Morgan fingerprint density at radius 3 is 2.77 bits per heavy atom. The van der Waals surface area contributed by atoms with Gasteiger partial charge < -0.3 is 5.32 Å². The largest absolute Gasteiger partial charge is 0.317 e. The zero-order valence-electron chi connectivity index (χ0n) is 9.47. The molecular weight excluding hydrogens is 158 g/mol. The van der Waals surface area contributed by atoms with Gasteiger partial charge in [0.1, 0.15) is 0 Å². The van der Waals surface area contributed by atoms with Gasteiger partial charge in [0.25, 0.3) is 0 Å².